The number of allylic oxidation sites excluding steroid dienone is 1. The van der Waals surface area contributed by atoms with Gasteiger partial charge in [-0.05, 0) is 94.2 Å². The van der Waals surface area contributed by atoms with Crippen LogP contribution in [0.15, 0.2) is 71.9 Å². The van der Waals surface area contributed by atoms with E-state index >= 15 is 0 Å². The lowest BCUT2D eigenvalue weighted by Gasteiger charge is -2.59. The standard InChI is InChI=1S/C41H54N2O9/c1-7-21-49-41-36(43(5)39(47)48-6)25-34(42-52-40(2,3)4)32-23-28(14-8-10-19-44)31(16-9-11-20-45)37(38(32)41)33-24-30(17-18-35(33)51-41)50-29-15-12-13-27(22-29)26-46/h7,12-13,15,17-18,22-24,26,28,31,36-38,44-45H,1,8-11,14,16,19-21,25H2,2-6H3/t28-,31+,36-,37+,38+,41+/m0/s1. The summed E-state index contributed by atoms with van der Waals surface area (Å²) in [6, 6.07) is 12.0. The third kappa shape index (κ3) is 8.37. The Morgan fingerprint density at radius 1 is 1.08 bits per heavy atom. The van der Waals surface area contributed by atoms with Gasteiger partial charge < -0.3 is 38.9 Å². The van der Waals surface area contributed by atoms with Crippen LogP contribution in [0.4, 0.5) is 4.79 Å². The number of amides is 1. The summed E-state index contributed by atoms with van der Waals surface area (Å²) in [4.78, 5) is 32.5. The predicted molar refractivity (Wildman–Crippen MR) is 198 cm³/mol. The molecule has 1 saturated carbocycles. The van der Waals surface area contributed by atoms with E-state index in [0.29, 0.717) is 41.4 Å². The number of benzene rings is 2. The lowest BCUT2D eigenvalue weighted by molar-refractivity contribution is -0.253. The van der Waals surface area contributed by atoms with Crippen molar-refractivity contribution in [2.24, 2.45) is 22.9 Å². The molecular formula is C41H54N2O9. The molecule has 1 heterocycles. The molecule has 1 fully saturated rings. The van der Waals surface area contributed by atoms with Crippen LogP contribution in [0.2, 0.25) is 0 Å². The van der Waals surface area contributed by atoms with Crippen molar-refractivity contribution in [1.82, 2.24) is 4.90 Å². The van der Waals surface area contributed by atoms with E-state index in [1.54, 1.807) is 37.4 Å². The summed E-state index contributed by atoms with van der Waals surface area (Å²) in [5, 5.41) is 24.4. The van der Waals surface area contributed by atoms with Crippen molar-refractivity contribution in [3.05, 3.63) is 77.9 Å². The Balaban J connectivity index is 1.77. The first-order chi connectivity index (χ1) is 25.0. The van der Waals surface area contributed by atoms with Crippen LogP contribution in [-0.2, 0) is 14.3 Å². The molecule has 5 rings (SSSR count). The van der Waals surface area contributed by atoms with Crippen LogP contribution in [0.1, 0.15) is 87.6 Å². The quantitative estimate of drug-likeness (QED) is 0.0787. The average molecular weight is 719 g/mol. The van der Waals surface area contributed by atoms with Gasteiger partial charge in [0.25, 0.3) is 0 Å². The summed E-state index contributed by atoms with van der Waals surface area (Å²) in [5.74, 6) is -0.149. The molecule has 0 saturated heterocycles. The highest BCUT2D eigenvalue weighted by atomic mass is 16.7. The highest BCUT2D eigenvalue weighted by molar-refractivity contribution is 6.03. The number of rotatable bonds is 16. The van der Waals surface area contributed by atoms with Crippen molar-refractivity contribution >= 4 is 18.1 Å². The highest BCUT2D eigenvalue weighted by Crippen LogP contribution is 2.62. The van der Waals surface area contributed by atoms with E-state index in [9.17, 15) is 19.8 Å². The third-order valence-corrected chi connectivity index (χ3v) is 10.2. The third-order valence-electron chi connectivity index (χ3n) is 10.2. The van der Waals surface area contributed by atoms with Gasteiger partial charge in [-0.2, -0.15) is 0 Å². The summed E-state index contributed by atoms with van der Waals surface area (Å²) in [6.07, 6.45) is 9.10. The van der Waals surface area contributed by atoms with E-state index in [4.69, 9.17) is 28.9 Å². The molecule has 2 aromatic rings. The zero-order chi connectivity index (χ0) is 37.5. The first kappa shape index (κ1) is 39.0. The Labute approximate surface area is 307 Å². The number of fused-ring (bicyclic) bond motifs is 2. The Morgan fingerprint density at radius 3 is 2.48 bits per heavy atom. The summed E-state index contributed by atoms with van der Waals surface area (Å²) >= 11 is 0. The minimum Gasteiger partial charge on any atom is -0.459 e. The normalized spacial score (nSPS) is 25.6. The van der Waals surface area contributed by atoms with Crippen molar-refractivity contribution in [3.8, 4) is 17.2 Å². The average Bonchev–Trinajstić information content (AvgIpc) is 3.13. The molecule has 11 nitrogen and oxygen atoms in total. The second kappa shape index (κ2) is 17.1. The molecule has 282 valence electrons. The van der Waals surface area contributed by atoms with Gasteiger partial charge in [0.1, 0.15) is 35.2 Å². The topological polar surface area (TPSA) is 136 Å². The number of nitrogens with zero attached hydrogens (tertiary/aromatic N) is 2. The molecule has 2 aromatic carbocycles. The zero-order valence-corrected chi connectivity index (χ0v) is 31.1. The molecular weight excluding hydrogens is 664 g/mol. The number of carbonyl (C=O) groups is 2. The van der Waals surface area contributed by atoms with Crippen molar-refractivity contribution < 1.29 is 43.6 Å². The maximum absolute atomic E-state index is 13.3. The summed E-state index contributed by atoms with van der Waals surface area (Å²) in [6.45, 7) is 10.1. The van der Waals surface area contributed by atoms with Gasteiger partial charge in [-0.25, -0.2) is 4.79 Å². The molecule has 0 radical (unpaired) electrons. The molecule has 0 aromatic heterocycles. The van der Waals surface area contributed by atoms with Crippen LogP contribution >= 0.6 is 0 Å². The van der Waals surface area contributed by atoms with Crippen molar-refractivity contribution in [2.75, 3.05) is 34.0 Å². The number of unbranched alkanes of at least 4 members (excludes halogenated alkanes) is 2. The molecule has 1 aliphatic heterocycles. The summed E-state index contributed by atoms with van der Waals surface area (Å²) in [7, 11) is 3.03. The van der Waals surface area contributed by atoms with Gasteiger partial charge in [0.05, 0.1) is 25.3 Å². The fourth-order valence-electron chi connectivity index (χ4n) is 8.04. The van der Waals surface area contributed by atoms with Crippen LogP contribution in [-0.4, -0.2) is 84.6 Å². The van der Waals surface area contributed by atoms with E-state index in [2.05, 4.69) is 12.7 Å². The fourth-order valence-corrected chi connectivity index (χ4v) is 8.04. The van der Waals surface area contributed by atoms with E-state index in [-0.39, 0.29) is 44.0 Å². The minimum absolute atomic E-state index is 0.0638. The fraction of sp³-hybridized carbons (Fsp3) is 0.537. The second-order valence-corrected chi connectivity index (χ2v) is 14.8. The maximum atomic E-state index is 13.3. The number of aliphatic hydroxyl groups is 2. The predicted octanol–water partition coefficient (Wildman–Crippen LogP) is 7.42. The highest BCUT2D eigenvalue weighted by Gasteiger charge is 2.65. The molecule has 0 unspecified atom stereocenters. The Hall–Kier alpha value is -4.19. The number of aldehydes is 1. The summed E-state index contributed by atoms with van der Waals surface area (Å²) < 4.78 is 25.5. The molecule has 0 bridgehead atoms. The zero-order valence-electron chi connectivity index (χ0n) is 31.1. The van der Waals surface area contributed by atoms with Crippen LogP contribution in [0, 0.1) is 17.8 Å². The molecule has 0 spiro atoms. The van der Waals surface area contributed by atoms with Gasteiger partial charge in [-0.1, -0.05) is 42.3 Å². The van der Waals surface area contributed by atoms with E-state index in [0.717, 1.165) is 43.1 Å². The van der Waals surface area contributed by atoms with Crippen molar-refractivity contribution in [1.29, 1.82) is 0 Å². The maximum Gasteiger partial charge on any atom is 0.409 e. The van der Waals surface area contributed by atoms with Crippen LogP contribution in [0.25, 0.3) is 0 Å². The number of hydrogen-bond acceptors (Lipinski definition) is 10. The van der Waals surface area contributed by atoms with Gasteiger partial charge in [-0.15, -0.1) is 6.58 Å². The largest absolute Gasteiger partial charge is 0.459 e. The Kier molecular flexibility index (Phi) is 12.8. The Bertz CT molecular complexity index is 1630. The lowest BCUT2D eigenvalue weighted by atomic mass is 9.55. The second-order valence-electron chi connectivity index (χ2n) is 14.8. The van der Waals surface area contributed by atoms with Crippen LogP contribution < -0.4 is 9.47 Å². The molecule has 1 amide bonds. The van der Waals surface area contributed by atoms with Crippen molar-refractivity contribution in [2.45, 2.75) is 89.1 Å². The van der Waals surface area contributed by atoms with Crippen LogP contribution in [0.5, 0.6) is 17.2 Å². The number of carbonyl (C=O) groups excluding carboxylic acids is 2. The van der Waals surface area contributed by atoms with Gasteiger partial charge in [0.15, 0.2) is 0 Å². The van der Waals surface area contributed by atoms with E-state index in [1.165, 1.54) is 12.0 Å². The van der Waals surface area contributed by atoms with Crippen LogP contribution in [0.3, 0.4) is 0 Å². The number of hydrogen-bond donors (Lipinski definition) is 2. The molecule has 2 aliphatic carbocycles. The first-order valence-corrected chi connectivity index (χ1v) is 18.3. The number of aliphatic hydroxyl groups excluding tert-OH is 2. The SMILES string of the molecule is C=CCO[C@@]12Oc3ccc(Oc4cccc(C=O)c4)cc3[C@H]3[C@H](CCCCO)[C@@H](CCCCO)C=C(C(=NOC(C)(C)C)C[C@@H]1N(C)C(=O)OC)[C@H]32. The lowest BCUT2D eigenvalue weighted by Crippen LogP contribution is -2.69. The number of methoxy groups -OCH3 is 1. The molecule has 3 aliphatic rings. The van der Waals surface area contributed by atoms with Gasteiger partial charge in [0.2, 0.25) is 5.79 Å². The molecule has 52 heavy (non-hydrogen) atoms. The Morgan fingerprint density at radius 2 is 1.81 bits per heavy atom. The molecule has 6 atom stereocenters. The smallest absolute Gasteiger partial charge is 0.409 e. The minimum atomic E-state index is -1.37. The molecule has 11 heteroatoms. The van der Waals surface area contributed by atoms with E-state index < -0.39 is 29.4 Å². The van der Waals surface area contributed by atoms with E-state index in [1.807, 2.05) is 39.0 Å². The van der Waals surface area contributed by atoms with Gasteiger partial charge >= 0.3 is 6.09 Å². The number of likely N-dealkylation sites (N-methyl/N-ethyl adjacent to an activating group) is 1. The first-order valence-electron chi connectivity index (χ1n) is 18.3. The van der Waals surface area contributed by atoms with Gasteiger partial charge in [0, 0.05) is 43.7 Å². The monoisotopic (exact) mass is 718 g/mol. The number of oxime groups is 1. The number of ether oxygens (including phenoxy) is 4. The van der Waals surface area contributed by atoms with Crippen molar-refractivity contribution in [3.63, 3.8) is 0 Å². The van der Waals surface area contributed by atoms with Gasteiger partial charge in [-0.3, -0.25) is 4.79 Å². The molecule has 2 N–H and O–H groups in total. The summed E-state index contributed by atoms with van der Waals surface area (Å²) in [5.41, 5.74) is 2.50.